The van der Waals surface area contributed by atoms with Crippen LogP contribution in [0.5, 0.6) is 0 Å². The third-order valence-electron chi connectivity index (χ3n) is 2.96. The maximum atomic E-state index is 10.7. The molecule has 1 amide bonds. The molecular formula is C12H23NO2. The van der Waals surface area contributed by atoms with Crippen LogP contribution in [0.1, 0.15) is 58.3 Å². The van der Waals surface area contributed by atoms with Crippen LogP contribution in [0.25, 0.3) is 0 Å². The lowest BCUT2D eigenvalue weighted by Gasteiger charge is -1.99. The van der Waals surface area contributed by atoms with Crippen molar-refractivity contribution in [1.29, 1.82) is 0 Å². The lowest BCUT2D eigenvalue weighted by atomic mass is 10.1. The molecule has 15 heavy (non-hydrogen) atoms. The van der Waals surface area contributed by atoms with Gasteiger partial charge >= 0.3 is 0 Å². The Hall–Kier alpha value is -0.570. The van der Waals surface area contributed by atoms with E-state index in [1.54, 1.807) is 0 Å². The predicted molar refractivity (Wildman–Crippen MR) is 60.5 cm³/mol. The Bertz CT molecular complexity index is 194. The van der Waals surface area contributed by atoms with E-state index >= 15 is 0 Å². The number of epoxide rings is 1. The van der Waals surface area contributed by atoms with Gasteiger partial charge in [0.2, 0.25) is 5.91 Å². The lowest BCUT2D eigenvalue weighted by Crippen LogP contribution is -2.19. The Balaban J connectivity index is 1.80. The van der Waals surface area contributed by atoms with Crippen LogP contribution < -0.4 is 5.73 Å². The van der Waals surface area contributed by atoms with E-state index in [9.17, 15) is 4.79 Å². The summed E-state index contributed by atoms with van der Waals surface area (Å²) in [5, 5.41) is 0. The number of rotatable bonds is 9. The Morgan fingerprint density at radius 2 is 1.73 bits per heavy atom. The SMILES string of the molecule is CCCCCCCCCC1OC1C(N)=O. The van der Waals surface area contributed by atoms with Crippen molar-refractivity contribution in [3.05, 3.63) is 0 Å². The average molecular weight is 213 g/mol. The largest absolute Gasteiger partial charge is 0.367 e. The summed E-state index contributed by atoms with van der Waals surface area (Å²) in [6, 6.07) is 0. The Labute approximate surface area is 92.4 Å². The molecule has 1 aliphatic rings. The summed E-state index contributed by atoms with van der Waals surface area (Å²) in [5.41, 5.74) is 5.11. The van der Waals surface area contributed by atoms with Crippen LogP contribution in [-0.2, 0) is 9.53 Å². The molecule has 0 radical (unpaired) electrons. The molecule has 2 N–H and O–H groups in total. The summed E-state index contributed by atoms with van der Waals surface area (Å²) < 4.78 is 5.15. The van der Waals surface area contributed by atoms with Crippen molar-refractivity contribution >= 4 is 5.91 Å². The molecule has 0 aromatic heterocycles. The van der Waals surface area contributed by atoms with Gasteiger partial charge in [-0.3, -0.25) is 4.79 Å². The fourth-order valence-corrected chi connectivity index (χ4v) is 1.92. The number of nitrogens with two attached hydrogens (primary N) is 1. The summed E-state index contributed by atoms with van der Waals surface area (Å²) in [6.07, 6.45) is 9.97. The first kappa shape index (κ1) is 12.5. The fourth-order valence-electron chi connectivity index (χ4n) is 1.92. The third kappa shape index (κ3) is 5.17. The topological polar surface area (TPSA) is 55.6 Å². The Morgan fingerprint density at radius 3 is 2.27 bits per heavy atom. The highest BCUT2D eigenvalue weighted by molar-refractivity contribution is 5.81. The summed E-state index contributed by atoms with van der Waals surface area (Å²) in [6.45, 7) is 2.23. The first-order chi connectivity index (χ1) is 7.25. The maximum Gasteiger partial charge on any atom is 0.249 e. The number of hydrogen-bond donors (Lipinski definition) is 1. The van der Waals surface area contributed by atoms with E-state index in [-0.39, 0.29) is 18.1 Å². The normalized spacial score (nSPS) is 24.1. The van der Waals surface area contributed by atoms with Gasteiger partial charge in [0, 0.05) is 0 Å². The van der Waals surface area contributed by atoms with Crippen molar-refractivity contribution in [3.63, 3.8) is 0 Å². The Morgan fingerprint density at radius 1 is 1.13 bits per heavy atom. The van der Waals surface area contributed by atoms with E-state index in [1.165, 1.54) is 44.9 Å². The van der Waals surface area contributed by atoms with Crippen molar-refractivity contribution in [2.75, 3.05) is 0 Å². The van der Waals surface area contributed by atoms with Crippen molar-refractivity contribution in [3.8, 4) is 0 Å². The monoisotopic (exact) mass is 213 g/mol. The van der Waals surface area contributed by atoms with Gasteiger partial charge in [0.15, 0.2) is 6.10 Å². The van der Waals surface area contributed by atoms with Crippen molar-refractivity contribution in [2.24, 2.45) is 5.73 Å². The number of hydrogen-bond acceptors (Lipinski definition) is 2. The highest BCUT2D eigenvalue weighted by atomic mass is 16.6. The van der Waals surface area contributed by atoms with E-state index in [1.807, 2.05) is 0 Å². The van der Waals surface area contributed by atoms with Crippen molar-refractivity contribution in [2.45, 2.75) is 70.5 Å². The molecule has 1 heterocycles. The first-order valence-electron chi connectivity index (χ1n) is 6.20. The number of primary amides is 1. The van der Waals surface area contributed by atoms with Gasteiger partial charge < -0.3 is 10.5 Å². The van der Waals surface area contributed by atoms with Gasteiger partial charge in [0.25, 0.3) is 0 Å². The van der Waals surface area contributed by atoms with E-state index in [0.717, 1.165) is 6.42 Å². The molecular weight excluding hydrogens is 190 g/mol. The van der Waals surface area contributed by atoms with Crippen molar-refractivity contribution in [1.82, 2.24) is 0 Å². The summed E-state index contributed by atoms with van der Waals surface area (Å²) >= 11 is 0. The molecule has 2 atom stereocenters. The second-order valence-corrected chi connectivity index (χ2v) is 4.41. The van der Waals surface area contributed by atoms with Gasteiger partial charge in [-0.05, 0) is 6.42 Å². The minimum atomic E-state index is -0.303. The smallest absolute Gasteiger partial charge is 0.249 e. The fraction of sp³-hybridized carbons (Fsp3) is 0.917. The molecule has 0 aromatic carbocycles. The zero-order valence-corrected chi connectivity index (χ0v) is 9.71. The molecule has 1 aliphatic heterocycles. The number of amides is 1. The third-order valence-corrected chi connectivity index (χ3v) is 2.96. The molecule has 1 saturated heterocycles. The van der Waals surface area contributed by atoms with Crippen molar-refractivity contribution < 1.29 is 9.53 Å². The van der Waals surface area contributed by atoms with Crippen LogP contribution >= 0.6 is 0 Å². The molecule has 3 heteroatoms. The first-order valence-corrected chi connectivity index (χ1v) is 6.20. The molecule has 1 fully saturated rings. The standard InChI is InChI=1S/C12H23NO2/c1-2-3-4-5-6-7-8-9-10-11(15-10)12(13)14/h10-11H,2-9H2,1H3,(H2,13,14). The van der Waals surface area contributed by atoms with Crippen LogP contribution in [0.15, 0.2) is 0 Å². The van der Waals surface area contributed by atoms with Crippen LogP contribution in [0.3, 0.4) is 0 Å². The maximum absolute atomic E-state index is 10.7. The second-order valence-electron chi connectivity index (χ2n) is 4.41. The molecule has 0 aromatic rings. The molecule has 0 bridgehead atoms. The average Bonchev–Trinajstić information content (AvgIpc) is 2.96. The minimum absolute atomic E-state index is 0.137. The van der Waals surface area contributed by atoms with E-state index < -0.39 is 0 Å². The molecule has 3 nitrogen and oxygen atoms in total. The van der Waals surface area contributed by atoms with Crippen LogP contribution in [-0.4, -0.2) is 18.1 Å². The summed E-state index contributed by atoms with van der Waals surface area (Å²) in [5.74, 6) is -0.303. The molecule has 0 spiro atoms. The molecule has 88 valence electrons. The molecule has 1 rings (SSSR count). The summed E-state index contributed by atoms with van der Waals surface area (Å²) in [7, 11) is 0. The number of carbonyl (C=O) groups is 1. The van der Waals surface area contributed by atoms with Gasteiger partial charge in [-0.2, -0.15) is 0 Å². The minimum Gasteiger partial charge on any atom is -0.367 e. The molecule has 2 unspecified atom stereocenters. The van der Waals surface area contributed by atoms with Crippen LogP contribution in [0, 0.1) is 0 Å². The number of unbranched alkanes of at least 4 members (excludes halogenated alkanes) is 6. The molecule has 0 saturated carbocycles. The van der Waals surface area contributed by atoms with E-state index in [2.05, 4.69) is 6.92 Å². The van der Waals surface area contributed by atoms with Gasteiger partial charge in [-0.25, -0.2) is 0 Å². The van der Waals surface area contributed by atoms with Crippen LogP contribution in [0.2, 0.25) is 0 Å². The highest BCUT2D eigenvalue weighted by Gasteiger charge is 2.42. The molecule has 0 aliphatic carbocycles. The highest BCUT2D eigenvalue weighted by Crippen LogP contribution is 2.27. The summed E-state index contributed by atoms with van der Waals surface area (Å²) in [4.78, 5) is 10.7. The van der Waals surface area contributed by atoms with Gasteiger partial charge in [0.1, 0.15) is 0 Å². The zero-order chi connectivity index (χ0) is 11.1. The number of ether oxygens (including phenoxy) is 1. The number of carbonyl (C=O) groups excluding carboxylic acids is 1. The Kier molecular flexibility index (Phi) is 5.69. The van der Waals surface area contributed by atoms with Gasteiger partial charge in [-0.15, -0.1) is 0 Å². The van der Waals surface area contributed by atoms with Crippen LogP contribution in [0.4, 0.5) is 0 Å². The van der Waals surface area contributed by atoms with Gasteiger partial charge in [0.05, 0.1) is 6.10 Å². The quantitative estimate of drug-likeness (QED) is 0.472. The van der Waals surface area contributed by atoms with E-state index in [4.69, 9.17) is 10.5 Å². The van der Waals surface area contributed by atoms with E-state index in [0.29, 0.717) is 0 Å². The van der Waals surface area contributed by atoms with Gasteiger partial charge in [-0.1, -0.05) is 51.9 Å². The zero-order valence-electron chi connectivity index (χ0n) is 9.71. The lowest BCUT2D eigenvalue weighted by molar-refractivity contribution is -0.119. The predicted octanol–water partition coefficient (Wildman–Crippen LogP) is 2.38. The second kappa shape index (κ2) is 6.83.